The van der Waals surface area contributed by atoms with Crippen LogP contribution in [0.2, 0.25) is 0 Å². The molecule has 0 radical (unpaired) electrons. The van der Waals surface area contributed by atoms with E-state index in [1.807, 2.05) is 20.9 Å². The molecule has 1 heterocycles. The Hall–Kier alpha value is -1.31. The van der Waals surface area contributed by atoms with Crippen LogP contribution in [0.15, 0.2) is 4.99 Å². The highest BCUT2D eigenvalue weighted by Gasteiger charge is 2.17. The summed E-state index contributed by atoms with van der Waals surface area (Å²) in [6.07, 6.45) is 7.79. The minimum Gasteiger partial charge on any atom is -0.374 e. The predicted octanol–water partition coefficient (Wildman–Crippen LogP) is 5.22. The normalized spacial score (nSPS) is 17.4. The fourth-order valence-electron chi connectivity index (χ4n) is 3.52. The smallest absolute Gasteiger partial charge is 0.0960 e. The van der Waals surface area contributed by atoms with Crippen molar-refractivity contribution >= 4 is 5.84 Å². The van der Waals surface area contributed by atoms with Crippen LogP contribution in [0.3, 0.4) is 0 Å². The molecule has 1 saturated heterocycles. The first kappa shape index (κ1) is 19.7. The highest BCUT2D eigenvalue weighted by Crippen LogP contribution is 2.31. The van der Waals surface area contributed by atoms with Crippen LogP contribution in [0.1, 0.15) is 72.9 Å². The van der Waals surface area contributed by atoms with E-state index in [0.29, 0.717) is 0 Å². The van der Waals surface area contributed by atoms with E-state index in [1.54, 1.807) is 22.3 Å². The maximum Gasteiger partial charge on any atom is 0.0960 e. The fraction of sp³-hybridized carbons (Fsp3) is 0.667. The van der Waals surface area contributed by atoms with Gasteiger partial charge in [0.2, 0.25) is 0 Å². The maximum atomic E-state index is 3.99. The lowest BCUT2D eigenvalue weighted by atomic mass is 9.81. The van der Waals surface area contributed by atoms with E-state index in [2.05, 4.69) is 38.0 Å². The van der Waals surface area contributed by atoms with E-state index in [1.165, 1.54) is 49.1 Å². The van der Waals surface area contributed by atoms with Crippen molar-refractivity contribution in [2.24, 2.45) is 4.99 Å². The topological polar surface area (TPSA) is 24.4 Å². The quantitative estimate of drug-likeness (QED) is 0.697. The Morgan fingerprint density at radius 1 is 0.696 bits per heavy atom. The fourth-order valence-corrected chi connectivity index (χ4v) is 3.52. The lowest BCUT2D eigenvalue weighted by molar-refractivity contribution is 0.676. The summed E-state index contributed by atoms with van der Waals surface area (Å²) < 4.78 is 0. The Morgan fingerprint density at radius 3 is 1.48 bits per heavy atom. The van der Waals surface area contributed by atoms with E-state index in [0.717, 1.165) is 13.0 Å². The van der Waals surface area contributed by atoms with Crippen molar-refractivity contribution in [1.29, 1.82) is 0 Å². The predicted molar refractivity (Wildman–Crippen MR) is 104 cm³/mol. The Bertz CT molecular complexity index is 497. The van der Waals surface area contributed by atoms with Crippen molar-refractivity contribution in [3.8, 4) is 0 Å². The van der Waals surface area contributed by atoms with Gasteiger partial charge in [-0.3, -0.25) is 4.99 Å². The number of amidine groups is 1. The molecule has 2 nitrogen and oxygen atoms in total. The molecular formula is C21H36N2. The number of rotatable bonds is 0. The van der Waals surface area contributed by atoms with Crippen LogP contribution < -0.4 is 5.32 Å². The van der Waals surface area contributed by atoms with Crippen molar-refractivity contribution in [3.05, 3.63) is 33.4 Å². The molecule has 1 fully saturated rings. The van der Waals surface area contributed by atoms with Crippen LogP contribution in [0, 0.1) is 27.7 Å². The summed E-state index contributed by atoms with van der Waals surface area (Å²) in [5, 5.41) is 3.16. The van der Waals surface area contributed by atoms with Gasteiger partial charge in [-0.15, -0.1) is 0 Å². The average Bonchev–Trinajstić information content (AvgIpc) is 3.14. The number of benzene rings is 1. The van der Waals surface area contributed by atoms with Crippen LogP contribution >= 0.6 is 0 Å². The molecule has 1 aliphatic heterocycles. The van der Waals surface area contributed by atoms with Gasteiger partial charge in [0.25, 0.3) is 0 Å². The van der Waals surface area contributed by atoms with Gasteiger partial charge in [-0.05, 0) is 93.2 Å². The molecule has 0 saturated carbocycles. The summed E-state index contributed by atoms with van der Waals surface area (Å²) in [6.45, 7) is 14.3. The molecule has 3 rings (SSSR count). The van der Waals surface area contributed by atoms with Gasteiger partial charge in [-0.2, -0.15) is 0 Å². The lowest BCUT2D eigenvalue weighted by Crippen LogP contribution is -2.13. The summed E-state index contributed by atoms with van der Waals surface area (Å²) in [5.41, 5.74) is 9.48. The SMILES string of the molecule is CC.CN=C1CCCN1.Cc1c(C)c(C)c2c(c1C)CCCC2. The van der Waals surface area contributed by atoms with Gasteiger partial charge in [0.1, 0.15) is 0 Å². The molecule has 130 valence electrons. The Balaban J connectivity index is 0.000000247. The van der Waals surface area contributed by atoms with Gasteiger partial charge in [0.05, 0.1) is 5.84 Å². The van der Waals surface area contributed by atoms with Crippen LogP contribution in [-0.4, -0.2) is 19.4 Å². The van der Waals surface area contributed by atoms with Crippen molar-refractivity contribution in [2.45, 2.75) is 80.1 Å². The summed E-state index contributed by atoms with van der Waals surface area (Å²) in [4.78, 5) is 3.99. The first-order valence-corrected chi connectivity index (χ1v) is 9.34. The molecule has 1 N–H and O–H groups in total. The molecule has 0 unspecified atom stereocenters. The first-order chi connectivity index (χ1) is 11.1. The highest BCUT2D eigenvalue weighted by atomic mass is 15.0. The van der Waals surface area contributed by atoms with Gasteiger partial charge in [-0.1, -0.05) is 13.8 Å². The van der Waals surface area contributed by atoms with E-state index >= 15 is 0 Å². The van der Waals surface area contributed by atoms with Crippen molar-refractivity contribution < 1.29 is 0 Å². The monoisotopic (exact) mass is 316 g/mol. The highest BCUT2D eigenvalue weighted by molar-refractivity contribution is 5.83. The Kier molecular flexibility index (Phi) is 8.36. The lowest BCUT2D eigenvalue weighted by Gasteiger charge is -2.24. The Labute approximate surface area is 143 Å². The third-order valence-electron chi connectivity index (χ3n) is 5.25. The van der Waals surface area contributed by atoms with Crippen LogP contribution in [0.5, 0.6) is 0 Å². The number of nitrogens with one attached hydrogen (secondary N) is 1. The number of fused-ring (bicyclic) bond motifs is 1. The van der Waals surface area contributed by atoms with E-state index in [4.69, 9.17) is 0 Å². The molecule has 23 heavy (non-hydrogen) atoms. The summed E-state index contributed by atoms with van der Waals surface area (Å²) in [5.74, 6) is 1.17. The molecule has 0 amide bonds. The van der Waals surface area contributed by atoms with E-state index in [-0.39, 0.29) is 0 Å². The minimum atomic E-state index is 1.12. The zero-order valence-electron chi connectivity index (χ0n) is 16.4. The standard InChI is InChI=1S/C14H20.C5H10N2.C2H6/c1-9-10(2)12(4)14-8-6-5-7-13(14)11(9)3;1-6-5-3-2-4-7-5;1-2/h5-8H2,1-4H3;2-4H2,1H3,(H,6,7);1-2H3. The number of aliphatic imine (C=N–C) groups is 1. The molecule has 2 heteroatoms. The molecule has 2 aliphatic rings. The molecular weight excluding hydrogens is 280 g/mol. The molecule has 1 aliphatic carbocycles. The van der Waals surface area contributed by atoms with Gasteiger partial charge in [0, 0.05) is 20.0 Å². The van der Waals surface area contributed by atoms with Crippen molar-refractivity contribution in [3.63, 3.8) is 0 Å². The average molecular weight is 317 g/mol. The minimum absolute atomic E-state index is 1.12. The second-order valence-corrected chi connectivity index (χ2v) is 6.36. The van der Waals surface area contributed by atoms with Crippen LogP contribution in [0.4, 0.5) is 0 Å². The van der Waals surface area contributed by atoms with Crippen LogP contribution in [-0.2, 0) is 12.8 Å². The van der Waals surface area contributed by atoms with Gasteiger partial charge >= 0.3 is 0 Å². The second kappa shape index (κ2) is 9.75. The van der Waals surface area contributed by atoms with Crippen molar-refractivity contribution in [2.75, 3.05) is 13.6 Å². The third kappa shape index (κ3) is 4.83. The molecule has 0 bridgehead atoms. The third-order valence-corrected chi connectivity index (χ3v) is 5.25. The zero-order chi connectivity index (χ0) is 17.4. The maximum absolute atomic E-state index is 3.99. The molecule has 0 spiro atoms. The first-order valence-electron chi connectivity index (χ1n) is 9.34. The van der Waals surface area contributed by atoms with Gasteiger partial charge in [0.15, 0.2) is 0 Å². The van der Waals surface area contributed by atoms with E-state index in [9.17, 15) is 0 Å². The summed E-state index contributed by atoms with van der Waals surface area (Å²) >= 11 is 0. The van der Waals surface area contributed by atoms with E-state index < -0.39 is 0 Å². The molecule has 0 atom stereocenters. The molecule has 1 aromatic carbocycles. The van der Waals surface area contributed by atoms with Crippen molar-refractivity contribution in [1.82, 2.24) is 5.32 Å². The second-order valence-electron chi connectivity index (χ2n) is 6.36. The Morgan fingerprint density at radius 2 is 1.17 bits per heavy atom. The largest absolute Gasteiger partial charge is 0.374 e. The molecule has 0 aromatic heterocycles. The summed E-state index contributed by atoms with van der Waals surface area (Å²) in [7, 11) is 1.83. The number of hydrogen-bond donors (Lipinski definition) is 1. The van der Waals surface area contributed by atoms with Gasteiger partial charge in [-0.25, -0.2) is 0 Å². The molecule has 1 aromatic rings. The van der Waals surface area contributed by atoms with Crippen LogP contribution in [0.25, 0.3) is 0 Å². The van der Waals surface area contributed by atoms with Gasteiger partial charge < -0.3 is 5.32 Å². The summed E-state index contributed by atoms with van der Waals surface area (Å²) in [6, 6.07) is 0. The number of nitrogens with zero attached hydrogens (tertiary/aromatic N) is 1. The zero-order valence-corrected chi connectivity index (χ0v) is 16.4. The number of hydrogen-bond acceptors (Lipinski definition) is 1.